The maximum absolute atomic E-state index is 13.3. The van der Waals surface area contributed by atoms with Gasteiger partial charge in [0.25, 0.3) is 5.91 Å². The summed E-state index contributed by atoms with van der Waals surface area (Å²) in [5, 5.41) is 2.76. The van der Waals surface area contributed by atoms with Gasteiger partial charge in [-0.2, -0.15) is 0 Å². The first-order valence-electron chi connectivity index (χ1n) is 9.07. The Morgan fingerprint density at radius 3 is 2.31 bits per heavy atom. The molecular weight excluding hydrogens is 337 g/mol. The van der Waals surface area contributed by atoms with Crippen LogP contribution in [0, 0.1) is 5.82 Å². The molecule has 0 bridgehead atoms. The molecule has 0 unspecified atom stereocenters. The summed E-state index contributed by atoms with van der Waals surface area (Å²) in [6.45, 7) is 6.41. The third kappa shape index (κ3) is 3.71. The van der Waals surface area contributed by atoms with E-state index in [1.165, 1.54) is 24.3 Å². The van der Waals surface area contributed by atoms with Crippen LogP contribution in [0.15, 0.2) is 24.3 Å². The number of nitrogens with zero attached hydrogens (tertiary/aromatic N) is 2. The van der Waals surface area contributed by atoms with Crippen LogP contribution in [0.2, 0.25) is 0 Å². The monoisotopic (exact) mass is 363 g/mol. The molecule has 1 fully saturated rings. The molecule has 0 radical (unpaired) electrons. The molecule has 0 aliphatic carbocycles. The molecule has 1 heterocycles. The Labute approximate surface area is 153 Å². The van der Waals surface area contributed by atoms with Gasteiger partial charge < -0.3 is 10.2 Å². The van der Waals surface area contributed by atoms with Crippen molar-refractivity contribution in [1.82, 2.24) is 15.1 Å². The number of urea groups is 1. The average molecular weight is 363 g/mol. The predicted octanol–water partition coefficient (Wildman–Crippen LogP) is 2.63. The zero-order valence-electron chi connectivity index (χ0n) is 15.5. The molecule has 1 aromatic rings. The van der Waals surface area contributed by atoms with Gasteiger partial charge in [-0.05, 0) is 38.0 Å². The van der Waals surface area contributed by atoms with E-state index in [4.69, 9.17) is 0 Å². The van der Waals surface area contributed by atoms with E-state index in [2.05, 4.69) is 5.32 Å². The van der Waals surface area contributed by atoms with Gasteiger partial charge in [-0.3, -0.25) is 14.5 Å². The molecule has 0 spiro atoms. The second kappa shape index (κ2) is 8.29. The summed E-state index contributed by atoms with van der Waals surface area (Å²) in [6.07, 6.45) is 1.95. The van der Waals surface area contributed by atoms with Crippen molar-refractivity contribution in [3.63, 3.8) is 0 Å². The first kappa shape index (κ1) is 19.9. The molecule has 1 atom stereocenters. The van der Waals surface area contributed by atoms with Crippen molar-refractivity contribution < 1.29 is 18.8 Å². The minimum atomic E-state index is -1.25. The van der Waals surface area contributed by atoms with E-state index in [0.717, 1.165) is 11.3 Å². The van der Waals surface area contributed by atoms with Crippen LogP contribution in [0.25, 0.3) is 0 Å². The van der Waals surface area contributed by atoms with E-state index in [1.54, 1.807) is 4.90 Å². The van der Waals surface area contributed by atoms with Gasteiger partial charge in [-0.1, -0.05) is 31.9 Å². The van der Waals surface area contributed by atoms with E-state index in [-0.39, 0.29) is 12.5 Å². The first-order chi connectivity index (χ1) is 12.4. The Morgan fingerprint density at radius 1 is 1.15 bits per heavy atom. The Bertz CT molecular complexity index is 673. The van der Waals surface area contributed by atoms with Crippen molar-refractivity contribution in [2.24, 2.45) is 0 Å². The minimum absolute atomic E-state index is 0.274. The van der Waals surface area contributed by atoms with E-state index in [1.807, 2.05) is 20.8 Å². The number of hydrogen-bond donors (Lipinski definition) is 1. The van der Waals surface area contributed by atoms with E-state index < -0.39 is 23.3 Å². The van der Waals surface area contributed by atoms with Crippen LogP contribution in [-0.4, -0.2) is 47.3 Å². The van der Waals surface area contributed by atoms with Crippen LogP contribution in [0.3, 0.4) is 0 Å². The number of rotatable bonds is 8. The summed E-state index contributed by atoms with van der Waals surface area (Å²) in [6, 6.07) is 4.98. The van der Waals surface area contributed by atoms with Crippen molar-refractivity contribution >= 4 is 17.8 Å². The van der Waals surface area contributed by atoms with Crippen LogP contribution in [0.1, 0.15) is 45.6 Å². The molecule has 0 aromatic heterocycles. The molecule has 1 saturated heterocycles. The maximum atomic E-state index is 13.3. The number of benzene rings is 1. The number of imide groups is 1. The van der Waals surface area contributed by atoms with Crippen molar-refractivity contribution in [1.29, 1.82) is 0 Å². The Hall–Kier alpha value is -2.44. The molecule has 0 saturated carbocycles. The highest BCUT2D eigenvalue weighted by atomic mass is 19.1. The van der Waals surface area contributed by atoms with Crippen molar-refractivity contribution in [2.75, 3.05) is 19.6 Å². The number of carbonyl (C=O) groups is 3. The van der Waals surface area contributed by atoms with Gasteiger partial charge in [0.2, 0.25) is 5.91 Å². The number of halogens is 1. The quantitative estimate of drug-likeness (QED) is 0.722. The lowest BCUT2D eigenvalue weighted by molar-refractivity contribution is -0.139. The van der Waals surface area contributed by atoms with Crippen LogP contribution >= 0.6 is 0 Å². The Balaban J connectivity index is 2.33. The molecule has 1 aliphatic rings. The lowest BCUT2D eigenvalue weighted by Crippen LogP contribution is -2.46. The van der Waals surface area contributed by atoms with Crippen molar-refractivity contribution in [2.45, 2.75) is 45.6 Å². The van der Waals surface area contributed by atoms with Crippen LogP contribution in [-0.2, 0) is 15.1 Å². The summed E-state index contributed by atoms with van der Waals surface area (Å²) in [4.78, 5) is 40.5. The highest BCUT2D eigenvalue weighted by molar-refractivity contribution is 6.09. The van der Waals surface area contributed by atoms with Gasteiger partial charge >= 0.3 is 6.03 Å². The van der Waals surface area contributed by atoms with Gasteiger partial charge in [-0.25, -0.2) is 9.18 Å². The smallest absolute Gasteiger partial charge is 0.325 e. The third-order valence-corrected chi connectivity index (χ3v) is 4.83. The number of unbranched alkanes of at least 4 members (excludes halogenated alkanes) is 1. The number of nitrogens with one attached hydrogen (secondary N) is 1. The molecule has 26 heavy (non-hydrogen) atoms. The standard InChI is InChI=1S/C19H26FN3O3/c1-4-7-12-19(14-8-10-15(20)11-9-14)17(25)23(18(26)21-19)13-16(24)22(5-2)6-3/h8-11H,4-7,12-13H2,1-3H3,(H,21,26)/t19-/m0/s1. The second-order valence-electron chi connectivity index (χ2n) is 6.40. The highest BCUT2D eigenvalue weighted by Crippen LogP contribution is 2.34. The summed E-state index contributed by atoms with van der Waals surface area (Å²) in [7, 11) is 0. The SMILES string of the molecule is CCCC[C@@]1(c2ccc(F)cc2)NC(=O)N(CC(=O)N(CC)CC)C1=O. The second-order valence-corrected chi connectivity index (χ2v) is 6.40. The summed E-state index contributed by atoms with van der Waals surface area (Å²) < 4.78 is 13.3. The molecule has 7 heteroatoms. The average Bonchev–Trinajstić information content (AvgIpc) is 2.87. The van der Waals surface area contributed by atoms with Crippen LogP contribution < -0.4 is 5.32 Å². The molecule has 1 aromatic carbocycles. The molecule has 2 rings (SSSR count). The molecular formula is C19H26FN3O3. The van der Waals surface area contributed by atoms with Crippen LogP contribution in [0.5, 0.6) is 0 Å². The topological polar surface area (TPSA) is 69.7 Å². The number of likely N-dealkylation sites (N-methyl/N-ethyl adjacent to an activating group) is 1. The Morgan fingerprint density at radius 2 is 1.77 bits per heavy atom. The predicted molar refractivity (Wildman–Crippen MR) is 95.8 cm³/mol. The summed E-state index contributed by atoms with van der Waals surface area (Å²) >= 11 is 0. The van der Waals surface area contributed by atoms with E-state index in [0.29, 0.717) is 31.5 Å². The van der Waals surface area contributed by atoms with Crippen molar-refractivity contribution in [3.8, 4) is 0 Å². The largest absolute Gasteiger partial charge is 0.342 e. The minimum Gasteiger partial charge on any atom is -0.342 e. The van der Waals surface area contributed by atoms with Gasteiger partial charge in [0.05, 0.1) is 0 Å². The summed E-state index contributed by atoms with van der Waals surface area (Å²) in [5.74, 6) is -1.14. The number of amides is 4. The van der Waals surface area contributed by atoms with Gasteiger partial charge in [0.1, 0.15) is 17.9 Å². The van der Waals surface area contributed by atoms with Gasteiger partial charge in [0.15, 0.2) is 0 Å². The fourth-order valence-electron chi connectivity index (χ4n) is 3.27. The maximum Gasteiger partial charge on any atom is 0.325 e. The Kier molecular flexibility index (Phi) is 6.34. The van der Waals surface area contributed by atoms with E-state index >= 15 is 0 Å². The zero-order chi connectivity index (χ0) is 19.3. The first-order valence-corrected chi connectivity index (χ1v) is 9.07. The van der Waals surface area contributed by atoms with Gasteiger partial charge in [0, 0.05) is 13.1 Å². The zero-order valence-corrected chi connectivity index (χ0v) is 15.5. The third-order valence-electron chi connectivity index (χ3n) is 4.83. The molecule has 6 nitrogen and oxygen atoms in total. The fourth-order valence-corrected chi connectivity index (χ4v) is 3.27. The number of carbonyl (C=O) groups excluding carboxylic acids is 3. The van der Waals surface area contributed by atoms with Gasteiger partial charge in [-0.15, -0.1) is 0 Å². The van der Waals surface area contributed by atoms with Crippen molar-refractivity contribution in [3.05, 3.63) is 35.6 Å². The normalized spacial score (nSPS) is 19.6. The molecule has 4 amide bonds. The fraction of sp³-hybridized carbons (Fsp3) is 0.526. The molecule has 1 N–H and O–H groups in total. The molecule has 1 aliphatic heterocycles. The lowest BCUT2D eigenvalue weighted by Gasteiger charge is -2.27. The highest BCUT2D eigenvalue weighted by Gasteiger charge is 2.52. The van der Waals surface area contributed by atoms with Crippen LogP contribution in [0.4, 0.5) is 9.18 Å². The van der Waals surface area contributed by atoms with E-state index in [9.17, 15) is 18.8 Å². The molecule has 142 valence electrons. The lowest BCUT2D eigenvalue weighted by atomic mass is 9.85. The summed E-state index contributed by atoms with van der Waals surface area (Å²) in [5.41, 5.74) is -0.715. The number of hydrogen-bond acceptors (Lipinski definition) is 3.